The lowest BCUT2D eigenvalue weighted by Gasteiger charge is -2.00. The summed E-state index contributed by atoms with van der Waals surface area (Å²) in [6.45, 7) is 12.1. The minimum atomic E-state index is -0.357. The number of aromatic nitrogens is 2. The smallest absolute Gasteiger partial charge is 0.355 e. The Hall–Kier alpha value is -3.94. The molecule has 0 aliphatic carbocycles. The first kappa shape index (κ1) is 26.7. The van der Waals surface area contributed by atoms with Crippen molar-refractivity contribution in [3.63, 3.8) is 0 Å². The van der Waals surface area contributed by atoms with Crippen LogP contribution in [-0.2, 0) is 22.3 Å². The van der Waals surface area contributed by atoms with Gasteiger partial charge in [-0.05, 0) is 87.1 Å². The number of hydrogen-bond donors (Lipinski definition) is 2. The number of rotatable bonds is 10. The molecule has 0 spiro atoms. The molecule has 0 unspecified atom stereocenters. The van der Waals surface area contributed by atoms with Crippen molar-refractivity contribution in [2.75, 3.05) is 13.2 Å². The maximum Gasteiger partial charge on any atom is 0.355 e. The van der Waals surface area contributed by atoms with E-state index < -0.39 is 0 Å². The van der Waals surface area contributed by atoms with Gasteiger partial charge in [0, 0.05) is 0 Å². The Morgan fingerprint density at radius 1 is 0.722 bits per heavy atom. The topological polar surface area (TPSA) is 109 Å². The van der Waals surface area contributed by atoms with Crippen LogP contribution in [0.2, 0.25) is 0 Å². The number of nitrogens with one attached hydrogen (secondary N) is 2. The van der Waals surface area contributed by atoms with E-state index in [1.807, 2.05) is 52.0 Å². The number of esters is 2. The minimum Gasteiger partial charge on any atom is -0.461 e. The third-order valence-corrected chi connectivity index (χ3v) is 6.03. The molecule has 8 nitrogen and oxygen atoms in total. The van der Waals surface area contributed by atoms with Crippen molar-refractivity contribution in [3.05, 3.63) is 69.3 Å². The molecule has 2 N–H and O–H groups in total. The van der Waals surface area contributed by atoms with Gasteiger partial charge in [-0.2, -0.15) is 0 Å². The summed E-state index contributed by atoms with van der Waals surface area (Å²) in [6, 6.07) is 7.51. The molecular weight excluding hydrogens is 456 g/mol. The van der Waals surface area contributed by atoms with Crippen LogP contribution in [0.15, 0.2) is 34.3 Å². The zero-order chi connectivity index (χ0) is 26.2. The largest absolute Gasteiger partial charge is 0.461 e. The van der Waals surface area contributed by atoms with Gasteiger partial charge in [0.25, 0.3) is 0 Å². The fourth-order valence-corrected chi connectivity index (χ4v) is 4.16. The van der Waals surface area contributed by atoms with Gasteiger partial charge in [-0.15, -0.1) is 0 Å². The minimum absolute atomic E-state index is 0.326. The molecule has 0 aliphatic rings. The first-order valence-electron chi connectivity index (χ1n) is 12.3. The van der Waals surface area contributed by atoms with Crippen LogP contribution in [0.1, 0.15) is 82.3 Å². The van der Waals surface area contributed by atoms with Crippen LogP contribution < -0.4 is 0 Å². The zero-order valence-electron chi connectivity index (χ0n) is 21.8. The van der Waals surface area contributed by atoms with E-state index in [0.717, 1.165) is 57.9 Å². The van der Waals surface area contributed by atoms with Gasteiger partial charge in [0.05, 0.1) is 48.4 Å². The number of nitrogens with zero attached hydrogens (tertiary/aromatic N) is 2. The molecule has 0 atom stereocenters. The van der Waals surface area contributed by atoms with Gasteiger partial charge in [0.15, 0.2) is 0 Å². The van der Waals surface area contributed by atoms with Gasteiger partial charge in [0.2, 0.25) is 0 Å². The van der Waals surface area contributed by atoms with E-state index in [-0.39, 0.29) is 11.9 Å². The third kappa shape index (κ3) is 5.82. The molecule has 2 heterocycles. The van der Waals surface area contributed by atoms with Crippen molar-refractivity contribution in [1.29, 1.82) is 0 Å². The second-order valence-corrected chi connectivity index (χ2v) is 8.22. The number of carbonyl (C=O) groups excluding carboxylic acids is 2. The summed E-state index contributed by atoms with van der Waals surface area (Å²) < 4.78 is 10.3. The van der Waals surface area contributed by atoms with Crippen LogP contribution in [-0.4, -0.2) is 47.5 Å². The van der Waals surface area contributed by atoms with E-state index in [4.69, 9.17) is 9.47 Å². The number of ether oxygens (including phenoxy) is 2. The Balaban J connectivity index is 1.78. The zero-order valence-corrected chi connectivity index (χ0v) is 21.8. The van der Waals surface area contributed by atoms with Crippen molar-refractivity contribution in [3.8, 4) is 0 Å². The van der Waals surface area contributed by atoms with Crippen LogP contribution in [0.5, 0.6) is 0 Å². The van der Waals surface area contributed by atoms with Crippen LogP contribution >= 0.6 is 0 Å². The summed E-state index contributed by atoms with van der Waals surface area (Å²) in [7, 11) is 0. The fraction of sp³-hybridized carbons (Fsp3) is 0.357. The van der Waals surface area contributed by atoms with Crippen LogP contribution in [0.3, 0.4) is 0 Å². The van der Waals surface area contributed by atoms with Crippen molar-refractivity contribution in [1.82, 2.24) is 9.97 Å². The molecule has 3 rings (SSSR count). The molecule has 3 aromatic rings. The van der Waals surface area contributed by atoms with E-state index in [1.165, 1.54) is 0 Å². The maximum absolute atomic E-state index is 12.2. The normalized spacial score (nSPS) is 11.5. The molecule has 0 saturated carbocycles. The van der Waals surface area contributed by atoms with E-state index in [0.29, 0.717) is 24.6 Å². The SMILES string of the molecule is CCOC(=O)c1[nH]c(C=Nc2ccc(N=Cc3[nH]c(C(=O)OCC)c(C)c3CC)cc2)c(CC)c1C. The van der Waals surface area contributed by atoms with Gasteiger partial charge in [-0.25, -0.2) is 9.59 Å². The Morgan fingerprint density at radius 3 is 1.39 bits per heavy atom. The van der Waals surface area contributed by atoms with Gasteiger partial charge in [0.1, 0.15) is 11.4 Å². The highest BCUT2D eigenvalue weighted by molar-refractivity contribution is 5.94. The lowest BCUT2D eigenvalue weighted by Crippen LogP contribution is -2.06. The number of H-pyrrole nitrogens is 2. The lowest BCUT2D eigenvalue weighted by molar-refractivity contribution is 0.0510. The predicted octanol–water partition coefficient (Wildman–Crippen LogP) is 5.94. The molecule has 0 radical (unpaired) electrons. The van der Waals surface area contributed by atoms with Crippen molar-refractivity contribution >= 4 is 35.7 Å². The first-order valence-corrected chi connectivity index (χ1v) is 12.3. The number of aromatic amines is 2. The lowest BCUT2D eigenvalue weighted by atomic mass is 10.1. The van der Waals surface area contributed by atoms with E-state index in [1.54, 1.807) is 26.3 Å². The Bertz CT molecular complexity index is 1180. The van der Waals surface area contributed by atoms with Crippen LogP contribution in [0.25, 0.3) is 0 Å². The molecular formula is C28H34N4O4. The average molecular weight is 491 g/mol. The highest BCUT2D eigenvalue weighted by atomic mass is 16.5. The third-order valence-electron chi connectivity index (χ3n) is 6.03. The summed E-state index contributed by atoms with van der Waals surface area (Å²) in [4.78, 5) is 39.9. The Kier molecular flexibility index (Phi) is 9.00. The number of hydrogen-bond acceptors (Lipinski definition) is 6. The summed E-state index contributed by atoms with van der Waals surface area (Å²) in [5.74, 6) is -0.714. The fourth-order valence-electron chi connectivity index (χ4n) is 4.16. The summed E-state index contributed by atoms with van der Waals surface area (Å²) in [5.41, 5.74) is 7.91. The van der Waals surface area contributed by atoms with E-state index >= 15 is 0 Å². The molecule has 8 heteroatoms. The standard InChI is InChI=1S/C28H34N4O4/c1-7-21-17(5)25(27(33)35-9-3)31-23(21)15-29-19-11-13-20(14-12-19)30-16-24-22(8-2)18(6)26(32-24)28(34)36-10-4/h11-16,31-32H,7-10H2,1-6H3. The molecule has 0 fully saturated rings. The Labute approximate surface area is 211 Å². The van der Waals surface area contributed by atoms with E-state index in [9.17, 15) is 9.59 Å². The van der Waals surface area contributed by atoms with Gasteiger partial charge in [-0.3, -0.25) is 9.98 Å². The molecule has 0 aliphatic heterocycles. The Morgan fingerprint density at radius 2 is 1.08 bits per heavy atom. The first-order chi connectivity index (χ1) is 17.3. The molecule has 0 amide bonds. The number of aliphatic imine (C=N–C) groups is 2. The average Bonchev–Trinajstić information content (AvgIpc) is 3.37. The highest BCUT2D eigenvalue weighted by Crippen LogP contribution is 2.23. The van der Waals surface area contributed by atoms with E-state index in [2.05, 4.69) is 20.0 Å². The second-order valence-electron chi connectivity index (χ2n) is 8.22. The van der Waals surface area contributed by atoms with Crippen LogP contribution in [0, 0.1) is 13.8 Å². The predicted molar refractivity (Wildman–Crippen MR) is 143 cm³/mol. The van der Waals surface area contributed by atoms with Crippen molar-refractivity contribution in [2.24, 2.45) is 9.98 Å². The second kappa shape index (κ2) is 12.2. The van der Waals surface area contributed by atoms with Gasteiger partial charge < -0.3 is 19.4 Å². The maximum atomic E-state index is 12.2. The van der Waals surface area contributed by atoms with Gasteiger partial charge >= 0.3 is 11.9 Å². The molecule has 1 aromatic carbocycles. The molecule has 190 valence electrons. The summed E-state index contributed by atoms with van der Waals surface area (Å²) >= 11 is 0. The molecule has 0 bridgehead atoms. The van der Waals surface area contributed by atoms with Crippen molar-refractivity contribution in [2.45, 2.75) is 54.4 Å². The molecule has 0 saturated heterocycles. The monoisotopic (exact) mass is 490 g/mol. The van der Waals surface area contributed by atoms with Crippen molar-refractivity contribution < 1.29 is 19.1 Å². The summed E-state index contributed by atoms with van der Waals surface area (Å²) in [5, 5.41) is 0. The van der Waals surface area contributed by atoms with Gasteiger partial charge in [-0.1, -0.05) is 13.8 Å². The number of carbonyl (C=O) groups is 2. The molecule has 36 heavy (non-hydrogen) atoms. The quantitative estimate of drug-likeness (QED) is 0.271. The molecule has 2 aromatic heterocycles. The van der Waals surface area contributed by atoms with Crippen LogP contribution in [0.4, 0.5) is 11.4 Å². The number of benzene rings is 1. The summed E-state index contributed by atoms with van der Waals surface area (Å²) in [6.07, 6.45) is 5.01. The highest BCUT2D eigenvalue weighted by Gasteiger charge is 2.19.